The first-order chi connectivity index (χ1) is 6.47. The van der Waals surface area contributed by atoms with Crippen LogP contribution in [0.2, 0.25) is 0 Å². The van der Waals surface area contributed by atoms with Crippen LogP contribution in [0.3, 0.4) is 0 Å². The number of nitrogens with zero attached hydrogens (tertiary/aromatic N) is 1. The van der Waals surface area contributed by atoms with Crippen LogP contribution in [0.25, 0.3) is 0 Å². The number of rotatable bonds is 2. The van der Waals surface area contributed by atoms with Gasteiger partial charge >= 0.3 is 0 Å². The van der Waals surface area contributed by atoms with E-state index in [1.165, 1.54) is 11.1 Å². The molecule has 1 nitrogen and oxygen atoms in total. The van der Waals surface area contributed by atoms with Gasteiger partial charge in [-0.15, -0.1) is 0 Å². The lowest BCUT2D eigenvalue weighted by atomic mass is 9.99. The van der Waals surface area contributed by atoms with Gasteiger partial charge < -0.3 is 0 Å². The Morgan fingerprint density at radius 1 is 1.29 bits per heavy atom. The summed E-state index contributed by atoms with van der Waals surface area (Å²) >= 11 is 0. The third-order valence-electron chi connectivity index (χ3n) is 1.83. The largest absolute Gasteiger partial charge is 0.292 e. The van der Waals surface area contributed by atoms with Crippen molar-refractivity contribution in [1.82, 2.24) is 0 Å². The van der Waals surface area contributed by atoms with Crippen molar-refractivity contribution >= 4 is 6.21 Å². The summed E-state index contributed by atoms with van der Waals surface area (Å²) < 4.78 is 0. The number of hydrogen-bond acceptors (Lipinski definition) is 1. The molecule has 1 heteroatoms. The van der Waals surface area contributed by atoms with Gasteiger partial charge in [0.2, 0.25) is 0 Å². The highest BCUT2D eigenvalue weighted by Crippen LogP contribution is 2.10. The maximum Gasteiger partial charge on any atom is 0.0636 e. The van der Waals surface area contributed by atoms with Crippen LogP contribution in [0.4, 0.5) is 0 Å². The predicted molar refractivity (Wildman–Crippen MR) is 62.8 cm³/mol. The molecule has 0 atom stereocenters. The maximum absolute atomic E-state index is 4.43. The standard InChI is InChI=1S/C13H19N/c1-11-6-5-7-12(8-11)9-14-10-13(2,3)4/h5-8,10H,9H2,1-4H3/b14-10+. The molecule has 0 spiro atoms. The summed E-state index contributed by atoms with van der Waals surface area (Å²) in [5.41, 5.74) is 2.77. The smallest absolute Gasteiger partial charge is 0.0636 e. The summed E-state index contributed by atoms with van der Waals surface area (Å²) in [5.74, 6) is 0. The van der Waals surface area contributed by atoms with Crippen molar-refractivity contribution < 1.29 is 0 Å². The van der Waals surface area contributed by atoms with E-state index in [1.807, 2.05) is 6.21 Å². The molecule has 0 bridgehead atoms. The van der Waals surface area contributed by atoms with Crippen LogP contribution >= 0.6 is 0 Å². The molecule has 76 valence electrons. The molecule has 0 aliphatic heterocycles. The molecule has 0 aromatic heterocycles. The number of hydrogen-bond donors (Lipinski definition) is 0. The molecule has 0 fully saturated rings. The third-order valence-corrected chi connectivity index (χ3v) is 1.83. The molecule has 0 heterocycles. The van der Waals surface area contributed by atoms with Crippen molar-refractivity contribution in [1.29, 1.82) is 0 Å². The molecular weight excluding hydrogens is 170 g/mol. The average Bonchev–Trinajstić information content (AvgIpc) is 2.01. The molecule has 0 saturated carbocycles. The number of aryl methyl sites for hydroxylation is 1. The Morgan fingerprint density at radius 3 is 2.57 bits per heavy atom. The van der Waals surface area contributed by atoms with E-state index in [0.29, 0.717) is 0 Å². The second-order valence-corrected chi connectivity index (χ2v) is 4.82. The molecule has 0 saturated heterocycles. The molecule has 14 heavy (non-hydrogen) atoms. The minimum atomic E-state index is 0.184. The van der Waals surface area contributed by atoms with Crippen molar-refractivity contribution in [2.24, 2.45) is 10.4 Å². The molecular formula is C13H19N. The Morgan fingerprint density at radius 2 is 2.00 bits per heavy atom. The van der Waals surface area contributed by atoms with E-state index >= 15 is 0 Å². The second-order valence-electron chi connectivity index (χ2n) is 4.82. The van der Waals surface area contributed by atoms with Crippen LogP contribution < -0.4 is 0 Å². The SMILES string of the molecule is Cc1cccc(C/N=C/C(C)(C)C)c1. The Labute approximate surface area is 86.9 Å². The van der Waals surface area contributed by atoms with Crippen LogP contribution in [0.15, 0.2) is 29.3 Å². The van der Waals surface area contributed by atoms with E-state index in [0.717, 1.165) is 6.54 Å². The first-order valence-corrected chi connectivity index (χ1v) is 5.04. The fourth-order valence-electron chi connectivity index (χ4n) is 1.24. The summed E-state index contributed by atoms with van der Waals surface area (Å²) in [6.07, 6.45) is 2.02. The molecule has 1 aromatic rings. The lowest BCUT2D eigenvalue weighted by Gasteiger charge is -2.09. The fourth-order valence-corrected chi connectivity index (χ4v) is 1.24. The van der Waals surface area contributed by atoms with E-state index < -0.39 is 0 Å². The predicted octanol–water partition coefficient (Wildman–Crippen LogP) is 3.61. The first-order valence-electron chi connectivity index (χ1n) is 5.04. The summed E-state index contributed by atoms with van der Waals surface area (Å²) in [7, 11) is 0. The molecule has 0 aliphatic rings. The third kappa shape index (κ3) is 4.22. The first kappa shape index (κ1) is 11.0. The van der Waals surface area contributed by atoms with Crippen LogP contribution in [0, 0.1) is 12.3 Å². The van der Waals surface area contributed by atoms with E-state index in [9.17, 15) is 0 Å². The van der Waals surface area contributed by atoms with Crippen molar-refractivity contribution in [2.75, 3.05) is 0 Å². The average molecular weight is 189 g/mol. The fraction of sp³-hybridized carbons (Fsp3) is 0.462. The highest BCUT2D eigenvalue weighted by atomic mass is 14.7. The molecule has 1 aromatic carbocycles. The summed E-state index contributed by atoms with van der Waals surface area (Å²) in [4.78, 5) is 4.43. The van der Waals surface area contributed by atoms with Crippen LogP contribution in [-0.4, -0.2) is 6.21 Å². The zero-order valence-corrected chi connectivity index (χ0v) is 9.54. The van der Waals surface area contributed by atoms with Gasteiger partial charge in [-0.3, -0.25) is 4.99 Å². The normalized spacial score (nSPS) is 12.3. The number of benzene rings is 1. The lowest BCUT2D eigenvalue weighted by molar-refractivity contribution is 0.604. The minimum absolute atomic E-state index is 0.184. The Hall–Kier alpha value is -1.11. The lowest BCUT2D eigenvalue weighted by Crippen LogP contribution is -2.06. The quantitative estimate of drug-likeness (QED) is 0.630. The second kappa shape index (κ2) is 4.41. The monoisotopic (exact) mass is 189 g/mol. The zero-order chi connectivity index (χ0) is 10.6. The molecule has 1 rings (SSSR count). The van der Waals surface area contributed by atoms with Crippen LogP contribution in [0.5, 0.6) is 0 Å². The van der Waals surface area contributed by atoms with E-state index in [4.69, 9.17) is 0 Å². The van der Waals surface area contributed by atoms with Crippen molar-refractivity contribution in [3.63, 3.8) is 0 Å². The zero-order valence-electron chi connectivity index (χ0n) is 9.54. The van der Waals surface area contributed by atoms with E-state index in [1.54, 1.807) is 0 Å². The highest BCUT2D eigenvalue weighted by molar-refractivity contribution is 5.63. The van der Waals surface area contributed by atoms with Gasteiger partial charge in [-0.25, -0.2) is 0 Å². The summed E-state index contributed by atoms with van der Waals surface area (Å²) in [6.45, 7) is 9.38. The van der Waals surface area contributed by atoms with Gasteiger partial charge in [-0.05, 0) is 17.9 Å². The molecule has 0 aliphatic carbocycles. The van der Waals surface area contributed by atoms with E-state index in [2.05, 4.69) is 57.0 Å². The van der Waals surface area contributed by atoms with Crippen molar-refractivity contribution in [3.8, 4) is 0 Å². The minimum Gasteiger partial charge on any atom is -0.292 e. The topological polar surface area (TPSA) is 12.4 Å². The molecule has 0 N–H and O–H groups in total. The van der Waals surface area contributed by atoms with Gasteiger partial charge in [-0.2, -0.15) is 0 Å². The van der Waals surface area contributed by atoms with Gasteiger partial charge in [0.05, 0.1) is 6.54 Å². The van der Waals surface area contributed by atoms with Gasteiger partial charge in [0.15, 0.2) is 0 Å². The van der Waals surface area contributed by atoms with Crippen molar-refractivity contribution in [3.05, 3.63) is 35.4 Å². The maximum atomic E-state index is 4.43. The van der Waals surface area contributed by atoms with Crippen LogP contribution in [0.1, 0.15) is 31.9 Å². The molecule has 0 amide bonds. The van der Waals surface area contributed by atoms with Gasteiger partial charge in [0, 0.05) is 6.21 Å². The van der Waals surface area contributed by atoms with Gasteiger partial charge in [-0.1, -0.05) is 50.6 Å². The molecule has 0 unspecified atom stereocenters. The molecule has 0 radical (unpaired) electrons. The van der Waals surface area contributed by atoms with Crippen molar-refractivity contribution in [2.45, 2.75) is 34.2 Å². The Bertz CT molecular complexity index is 318. The van der Waals surface area contributed by atoms with Gasteiger partial charge in [0.1, 0.15) is 0 Å². The summed E-state index contributed by atoms with van der Waals surface area (Å²) in [6, 6.07) is 8.49. The van der Waals surface area contributed by atoms with Gasteiger partial charge in [0.25, 0.3) is 0 Å². The highest BCUT2D eigenvalue weighted by Gasteiger charge is 2.04. The van der Waals surface area contributed by atoms with E-state index in [-0.39, 0.29) is 5.41 Å². The van der Waals surface area contributed by atoms with Crippen LogP contribution in [-0.2, 0) is 6.54 Å². The number of aliphatic imine (C=N–C) groups is 1. The Balaban J connectivity index is 2.58. The summed E-state index contributed by atoms with van der Waals surface area (Å²) in [5, 5.41) is 0. The Kier molecular flexibility index (Phi) is 3.45.